The summed E-state index contributed by atoms with van der Waals surface area (Å²) in [4.78, 5) is 10.8. The van der Waals surface area contributed by atoms with E-state index < -0.39 is 21.4 Å². The van der Waals surface area contributed by atoms with Gasteiger partial charge in [-0.05, 0) is 30.7 Å². The second-order valence-corrected chi connectivity index (χ2v) is 5.12. The number of benzene rings is 1. The van der Waals surface area contributed by atoms with Crippen LogP contribution in [-0.2, 0) is 10.0 Å². The summed E-state index contributed by atoms with van der Waals surface area (Å²) < 4.78 is 59.5. The number of aryl methyl sites for hydroxylation is 1. The van der Waals surface area contributed by atoms with Gasteiger partial charge in [-0.25, -0.2) is 0 Å². The largest absolute Gasteiger partial charge is 0.516 e. The Kier molecular flexibility index (Phi) is 3.56. The van der Waals surface area contributed by atoms with Crippen LogP contribution < -0.4 is 10.5 Å². The summed E-state index contributed by atoms with van der Waals surface area (Å²) in [5.74, 6) is -0.761. The monoisotopic (exact) mass is 282 g/mol. The molecule has 0 aliphatic heterocycles. The molecule has 1 amide bonds. The van der Waals surface area contributed by atoms with Gasteiger partial charge in [0.05, 0.1) is 5.69 Å². The highest BCUT2D eigenvalue weighted by atomic mass is 32.2. The third kappa shape index (κ3) is 2.92. The Morgan fingerprint density at radius 1 is 1.33 bits per heavy atom. The molecule has 9 heteroatoms. The van der Waals surface area contributed by atoms with E-state index in [-0.39, 0.29) is 16.8 Å². The number of rotatable bonds is 3. The number of primary amides is 1. The number of sulfonamides is 1. The van der Waals surface area contributed by atoms with E-state index in [4.69, 9.17) is 5.73 Å². The van der Waals surface area contributed by atoms with Crippen molar-refractivity contribution in [2.24, 2.45) is 5.73 Å². The zero-order chi connectivity index (χ0) is 14.1. The summed E-state index contributed by atoms with van der Waals surface area (Å²) >= 11 is 0. The molecule has 18 heavy (non-hydrogen) atoms. The second kappa shape index (κ2) is 4.48. The SMILES string of the molecule is Cc1cc(C(N)=O)ccc1NS(=O)(=O)C(F)(F)F. The van der Waals surface area contributed by atoms with Crippen molar-refractivity contribution in [2.45, 2.75) is 12.4 Å². The molecule has 0 aliphatic rings. The summed E-state index contributed by atoms with van der Waals surface area (Å²) in [5, 5.41) is 0. The lowest BCUT2D eigenvalue weighted by molar-refractivity contribution is -0.0429. The highest BCUT2D eigenvalue weighted by molar-refractivity contribution is 7.93. The first-order valence-corrected chi connectivity index (χ1v) is 6.02. The fourth-order valence-electron chi connectivity index (χ4n) is 1.13. The molecule has 0 saturated carbocycles. The van der Waals surface area contributed by atoms with Crippen molar-refractivity contribution in [3.05, 3.63) is 29.3 Å². The van der Waals surface area contributed by atoms with Crippen molar-refractivity contribution in [1.29, 1.82) is 0 Å². The minimum absolute atomic E-state index is 0.0717. The van der Waals surface area contributed by atoms with Crippen molar-refractivity contribution in [2.75, 3.05) is 4.72 Å². The van der Waals surface area contributed by atoms with E-state index in [1.54, 1.807) is 0 Å². The van der Waals surface area contributed by atoms with Crippen LogP contribution in [-0.4, -0.2) is 19.8 Å². The topological polar surface area (TPSA) is 89.3 Å². The van der Waals surface area contributed by atoms with Gasteiger partial charge in [-0.1, -0.05) is 0 Å². The first-order chi connectivity index (χ1) is 8.04. The number of carbonyl (C=O) groups is 1. The van der Waals surface area contributed by atoms with E-state index in [0.29, 0.717) is 0 Å². The summed E-state index contributed by atoms with van der Waals surface area (Å²) in [6.07, 6.45) is 0. The molecular formula is C9H9F3N2O3S. The third-order valence-electron chi connectivity index (χ3n) is 2.06. The van der Waals surface area contributed by atoms with Crippen LogP contribution in [0.3, 0.4) is 0 Å². The molecule has 0 spiro atoms. The summed E-state index contributed by atoms with van der Waals surface area (Å²) in [7, 11) is -5.47. The highest BCUT2D eigenvalue weighted by Gasteiger charge is 2.46. The van der Waals surface area contributed by atoms with Crippen LogP contribution in [0, 0.1) is 6.92 Å². The molecule has 0 bridgehead atoms. The van der Waals surface area contributed by atoms with Crippen LogP contribution in [0.1, 0.15) is 15.9 Å². The van der Waals surface area contributed by atoms with E-state index in [0.717, 1.165) is 12.1 Å². The maximum absolute atomic E-state index is 12.1. The van der Waals surface area contributed by atoms with E-state index in [2.05, 4.69) is 0 Å². The number of halogens is 3. The number of amides is 1. The van der Waals surface area contributed by atoms with Gasteiger partial charge in [-0.3, -0.25) is 9.52 Å². The van der Waals surface area contributed by atoms with Crippen molar-refractivity contribution in [3.8, 4) is 0 Å². The Hall–Kier alpha value is -1.77. The lowest BCUT2D eigenvalue weighted by Crippen LogP contribution is -2.30. The van der Waals surface area contributed by atoms with Crippen LogP contribution in [0.4, 0.5) is 18.9 Å². The van der Waals surface area contributed by atoms with Crippen molar-refractivity contribution < 1.29 is 26.4 Å². The van der Waals surface area contributed by atoms with Crippen LogP contribution in [0.2, 0.25) is 0 Å². The lowest BCUT2D eigenvalue weighted by atomic mass is 10.1. The van der Waals surface area contributed by atoms with Gasteiger partial charge in [0.1, 0.15) is 0 Å². The highest BCUT2D eigenvalue weighted by Crippen LogP contribution is 2.27. The van der Waals surface area contributed by atoms with E-state index in [1.807, 2.05) is 0 Å². The molecule has 1 aromatic carbocycles. The first kappa shape index (κ1) is 14.3. The number of carbonyl (C=O) groups excluding carboxylic acids is 1. The predicted molar refractivity (Wildman–Crippen MR) is 58.3 cm³/mol. The van der Waals surface area contributed by atoms with Crippen molar-refractivity contribution in [1.82, 2.24) is 0 Å². The van der Waals surface area contributed by atoms with E-state index >= 15 is 0 Å². The zero-order valence-electron chi connectivity index (χ0n) is 9.08. The molecule has 0 unspecified atom stereocenters. The standard InChI is InChI=1S/C9H9F3N2O3S/c1-5-4-6(8(13)15)2-3-7(5)14-18(16,17)9(10,11)12/h2-4,14H,1H3,(H2,13,15). The maximum Gasteiger partial charge on any atom is 0.516 e. The Bertz CT molecular complexity index is 581. The van der Waals surface area contributed by atoms with E-state index in [9.17, 15) is 26.4 Å². The minimum Gasteiger partial charge on any atom is -0.366 e. The summed E-state index contributed by atoms with van der Waals surface area (Å²) in [6.45, 7) is 1.35. The Balaban J connectivity index is 3.11. The predicted octanol–water partition coefficient (Wildman–Crippen LogP) is 1.36. The lowest BCUT2D eigenvalue weighted by Gasteiger charge is -2.12. The number of hydrogen-bond donors (Lipinski definition) is 2. The normalized spacial score (nSPS) is 12.2. The van der Waals surface area contributed by atoms with Gasteiger partial charge in [0.2, 0.25) is 5.91 Å². The van der Waals surface area contributed by atoms with Gasteiger partial charge in [-0.15, -0.1) is 0 Å². The van der Waals surface area contributed by atoms with Gasteiger partial charge in [-0.2, -0.15) is 21.6 Å². The van der Waals surface area contributed by atoms with Gasteiger partial charge in [0.15, 0.2) is 0 Å². The van der Waals surface area contributed by atoms with Crippen molar-refractivity contribution in [3.63, 3.8) is 0 Å². The molecule has 0 radical (unpaired) electrons. The van der Waals surface area contributed by atoms with Gasteiger partial charge in [0, 0.05) is 5.56 Å². The Morgan fingerprint density at radius 3 is 2.28 bits per heavy atom. The molecule has 100 valence electrons. The quantitative estimate of drug-likeness (QED) is 0.877. The number of alkyl halides is 3. The first-order valence-electron chi connectivity index (χ1n) is 4.54. The van der Waals surface area contributed by atoms with Crippen LogP contribution in [0.15, 0.2) is 18.2 Å². The molecule has 3 N–H and O–H groups in total. The van der Waals surface area contributed by atoms with Crippen LogP contribution in [0.5, 0.6) is 0 Å². The molecule has 1 aromatic rings. The smallest absolute Gasteiger partial charge is 0.366 e. The second-order valence-electron chi connectivity index (χ2n) is 3.45. The molecular weight excluding hydrogens is 273 g/mol. The summed E-state index contributed by atoms with van der Waals surface area (Å²) in [5.41, 5.74) is -0.472. The molecule has 0 aromatic heterocycles. The number of nitrogens with one attached hydrogen (secondary N) is 1. The van der Waals surface area contributed by atoms with Crippen LogP contribution >= 0.6 is 0 Å². The van der Waals surface area contributed by atoms with E-state index in [1.165, 1.54) is 17.7 Å². The minimum atomic E-state index is -5.47. The average molecular weight is 282 g/mol. The molecule has 0 saturated heterocycles. The molecule has 0 heterocycles. The Labute approximate surface area is 101 Å². The Morgan fingerprint density at radius 2 is 1.89 bits per heavy atom. The average Bonchev–Trinajstić information content (AvgIpc) is 2.18. The van der Waals surface area contributed by atoms with Gasteiger partial charge in [0.25, 0.3) is 0 Å². The molecule has 0 aliphatic carbocycles. The third-order valence-corrected chi connectivity index (χ3v) is 3.16. The van der Waals surface area contributed by atoms with Crippen LogP contribution in [0.25, 0.3) is 0 Å². The molecule has 1 rings (SSSR count). The zero-order valence-corrected chi connectivity index (χ0v) is 9.89. The maximum atomic E-state index is 12.1. The summed E-state index contributed by atoms with van der Waals surface area (Å²) in [6, 6.07) is 3.36. The fraction of sp³-hybridized carbons (Fsp3) is 0.222. The van der Waals surface area contributed by atoms with Gasteiger partial charge >= 0.3 is 15.5 Å². The van der Waals surface area contributed by atoms with Crippen molar-refractivity contribution >= 4 is 21.6 Å². The number of hydrogen-bond acceptors (Lipinski definition) is 3. The van der Waals surface area contributed by atoms with Gasteiger partial charge < -0.3 is 5.73 Å². The molecule has 5 nitrogen and oxygen atoms in total. The fourth-order valence-corrected chi connectivity index (χ4v) is 1.77. The molecule has 0 fully saturated rings. The number of anilines is 1. The number of nitrogens with two attached hydrogens (primary N) is 1. The molecule has 0 atom stereocenters.